The highest BCUT2D eigenvalue weighted by Gasteiger charge is 2.18. The van der Waals surface area contributed by atoms with Gasteiger partial charge in [-0.05, 0) is 26.7 Å². The Hall–Kier alpha value is -2.11. The lowest BCUT2D eigenvalue weighted by Crippen LogP contribution is -2.21. The number of hydrogen-bond acceptors (Lipinski definition) is 5. The highest BCUT2D eigenvalue weighted by Crippen LogP contribution is 2.27. The Morgan fingerprint density at radius 1 is 1.21 bits per heavy atom. The molecule has 6 heteroatoms. The molecule has 0 unspecified atom stereocenters. The lowest BCUT2D eigenvalue weighted by molar-refractivity contribution is 0.902. The van der Waals surface area contributed by atoms with Gasteiger partial charge in [-0.15, -0.1) is 0 Å². The average molecular weight is 258 g/mol. The number of aromatic nitrogens is 4. The summed E-state index contributed by atoms with van der Waals surface area (Å²) in [4.78, 5) is 11.2. The molecule has 1 aliphatic heterocycles. The molecule has 0 bridgehead atoms. The van der Waals surface area contributed by atoms with Crippen LogP contribution in [-0.2, 0) is 0 Å². The largest absolute Gasteiger partial charge is 0.384 e. The molecule has 1 fully saturated rings. The van der Waals surface area contributed by atoms with Crippen LogP contribution in [0.5, 0.6) is 0 Å². The Labute approximate surface area is 112 Å². The van der Waals surface area contributed by atoms with Gasteiger partial charge in [-0.2, -0.15) is 10.1 Å². The molecule has 1 aliphatic rings. The molecule has 19 heavy (non-hydrogen) atoms. The van der Waals surface area contributed by atoms with Crippen molar-refractivity contribution in [2.45, 2.75) is 26.7 Å². The second kappa shape index (κ2) is 4.53. The molecular formula is C13H18N6. The van der Waals surface area contributed by atoms with Crippen molar-refractivity contribution in [3.63, 3.8) is 0 Å². The first-order valence-electron chi connectivity index (χ1n) is 6.56. The number of nitrogens with zero attached hydrogens (tertiary/aromatic N) is 4. The zero-order valence-corrected chi connectivity index (χ0v) is 11.3. The van der Waals surface area contributed by atoms with E-state index in [-0.39, 0.29) is 0 Å². The van der Waals surface area contributed by atoms with Gasteiger partial charge < -0.3 is 10.6 Å². The third-order valence-corrected chi connectivity index (χ3v) is 3.51. The summed E-state index contributed by atoms with van der Waals surface area (Å²) in [7, 11) is 0. The van der Waals surface area contributed by atoms with Gasteiger partial charge in [0.1, 0.15) is 5.82 Å². The first-order chi connectivity index (χ1) is 9.15. The second-order valence-corrected chi connectivity index (χ2v) is 4.98. The molecule has 0 amide bonds. The molecule has 3 rings (SSSR count). The smallest absolute Gasteiger partial charge is 0.227 e. The highest BCUT2D eigenvalue weighted by molar-refractivity contribution is 5.68. The first-order valence-corrected chi connectivity index (χ1v) is 6.56. The molecule has 0 aromatic carbocycles. The minimum absolute atomic E-state index is 0.506. The standard InChI is InChI=1S/C13H18N6/c1-8-12(9(2)18-17-8)10-7-11(14)16-13(15-10)19-5-3-4-6-19/h7H,3-6H2,1-2H3,(H,17,18)(H2,14,15,16). The van der Waals surface area contributed by atoms with Gasteiger partial charge in [0.2, 0.25) is 5.95 Å². The Bertz CT molecular complexity index is 578. The van der Waals surface area contributed by atoms with Gasteiger partial charge >= 0.3 is 0 Å². The van der Waals surface area contributed by atoms with Gasteiger partial charge in [-0.1, -0.05) is 0 Å². The summed E-state index contributed by atoms with van der Waals surface area (Å²) < 4.78 is 0. The monoisotopic (exact) mass is 258 g/mol. The van der Waals surface area contributed by atoms with Crippen LogP contribution in [0.1, 0.15) is 24.2 Å². The maximum atomic E-state index is 5.92. The number of nitrogens with two attached hydrogens (primary N) is 1. The van der Waals surface area contributed by atoms with Gasteiger partial charge in [-0.3, -0.25) is 5.10 Å². The number of hydrogen-bond donors (Lipinski definition) is 2. The van der Waals surface area contributed by atoms with E-state index in [0.717, 1.165) is 41.7 Å². The SMILES string of the molecule is Cc1n[nH]c(C)c1-c1cc(N)nc(N2CCCC2)n1. The zero-order valence-electron chi connectivity index (χ0n) is 11.3. The van der Waals surface area contributed by atoms with Crippen molar-refractivity contribution >= 4 is 11.8 Å². The van der Waals surface area contributed by atoms with Crippen LogP contribution >= 0.6 is 0 Å². The van der Waals surface area contributed by atoms with E-state index in [4.69, 9.17) is 5.73 Å². The van der Waals surface area contributed by atoms with E-state index in [0.29, 0.717) is 5.82 Å². The van der Waals surface area contributed by atoms with Crippen LogP contribution in [-0.4, -0.2) is 33.3 Å². The van der Waals surface area contributed by atoms with Crippen molar-refractivity contribution in [1.82, 2.24) is 20.2 Å². The number of aromatic amines is 1. The van der Waals surface area contributed by atoms with Crippen molar-refractivity contribution in [2.24, 2.45) is 0 Å². The molecule has 0 radical (unpaired) electrons. The predicted molar refractivity (Wildman–Crippen MR) is 74.9 cm³/mol. The fourth-order valence-electron chi connectivity index (χ4n) is 2.57. The summed E-state index contributed by atoms with van der Waals surface area (Å²) in [6.07, 6.45) is 2.38. The quantitative estimate of drug-likeness (QED) is 0.856. The summed E-state index contributed by atoms with van der Waals surface area (Å²) >= 11 is 0. The Morgan fingerprint density at radius 3 is 2.58 bits per heavy atom. The van der Waals surface area contributed by atoms with Crippen LogP contribution in [0, 0.1) is 13.8 Å². The molecule has 100 valence electrons. The number of nitrogen functional groups attached to an aromatic ring is 1. The first kappa shape index (κ1) is 12.0. The lowest BCUT2D eigenvalue weighted by Gasteiger charge is -2.16. The molecule has 0 saturated carbocycles. The summed E-state index contributed by atoms with van der Waals surface area (Å²) in [5.41, 5.74) is 9.73. The average Bonchev–Trinajstić information content (AvgIpc) is 2.99. The fourth-order valence-corrected chi connectivity index (χ4v) is 2.57. The normalized spacial score (nSPS) is 15.2. The van der Waals surface area contributed by atoms with E-state index in [1.165, 1.54) is 12.8 Å². The van der Waals surface area contributed by atoms with E-state index in [2.05, 4.69) is 25.1 Å². The van der Waals surface area contributed by atoms with Crippen molar-refractivity contribution < 1.29 is 0 Å². The van der Waals surface area contributed by atoms with E-state index < -0.39 is 0 Å². The van der Waals surface area contributed by atoms with Crippen LogP contribution in [0.15, 0.2) is 6.07 Å². The van der Waals surface area contributed by atoms with Gasteiger partial charge in [0, 0.05) is 30.4 Å². The number of nitrogens with one attached hydrogen (secondary N) is 1. The minimum atomic E-state index is 0.506. The van der Waals surface area contributed by atoms with Gasteiger partial charge in [0.15, 0.2) is 0 Å². The molecule has 2 aromatic rings. The molecule has 6 nitrogen and oxygen atoms in total. The molecule has 3 N–H and O–H groups in total. The molecule has 2 aromatic heterocycles. The maximum absolute atomic E-state index is 5.92. The van der Waals surface area contributed by atoms with E-state index in [1.54, 1.807) is 0 Å². The Kier molecular flexibility index (Phi) is 2.85. The Balaban J connectivity index is 2.07. The molecule has 3 heterocycles. The predicted octanol–water partition coefficient (Wildman–Crippen LogP) is 1.67. The third kappa shape index (κ3) is 2.14. The fraction of sp³-hybridized carbons (Fsp3) is 0.462. The highest BCUT2D eigenvalue weighted by atomic mass is 15.3. The second-order valence-electron chi connectivity index (χ2n) is 4.98. The number of rotatable bonds is 2. The van der Waals surface area contributed by atoms with Gasteiger partial charge in [0.25, 0.3) is 0 Å². The number of aryl methyl sites for hydroxylation is 2. The molecule has 1 saturated heterocycles. The van der Waals surface area contributed by atoms with Crippen molar-refractivity contribution in [2.75, 3.05) is 23.7 Å². The summed E-state index contributed by atoms with van der Waals surface area (Å²) in [6.45, 7) is 5.97. The lowest BCUT2D eigenvalue weighted by atomic mass is 10.1. The van der Waals surface area contributed by atoms with Crippen LogP contribution in [0.25, 0.3) is 11.3 Å². The van der Waals surface area contributed by atoms with Crippen molar-refractivity contribution in [1.29, 1.82) is 0 Å². The van der Waals surface area contributed by atoms with Crippen LogP contribution in [0.4, 0.5) is 11.8 Å². The molecular weight excluding hydrogens is 240 g/mol. The number of H-pyrrole nitrogens is 1. The molecule has 0 aliphatic carbocycles. The zero-order chi connectivity index (χ0) is 13.4. The summed E-state index contributed by atoms with van der Waals surface area (Å²) in [5.74, 6) is 1.24. The minimum Gasteiger partial charge on any atom is -0.384 e. The van der Waals surface area contributed by atoms with Gasteiger partial charge in [-0.25, -0.2) is 4.98 Å². The molecule has 0 spiro atoms. The van der Waals surface area contributed by atoms with E-state index >= 15 is 0 Å². The topological polar surface area (TPSA) is 83.7 Å². The number of anilines is 2. The van der Waals surface area contributed by atoms with Crippen molar-refractivity contribution in [3.8, 4) is 11.3 Å². The van der Waals surface area contributed by atoms with Crippen molar-refractivity contribution in [3.05, 3.63) is 17.5 Å². The van der Waals surface area contributed by atoms with Crippen LogP contribution in [0.3, 0.4) is 0 Å². The van der Waals surface area contributed by atoms with E-state index in [1.807, 2.05) is 19.9 Å². The van der Waals surface area contributed by atoms with Crippen LogP contribution < -0.4 is 10.6 Å². The summed E-state index contributed by atoms with van der Waals surface area (Å²) in [6, 6.07) is 1.81. The third-order valence-electron chi connectivity index (χ3n) is 3.51. The summed E-state index contributed by atoms with van der Waals surface area (Å²) in [5, 5.41) is 7.19. The van der Waals surface area contributed by atoms with E-state index in [9.17, 15) is 0 Å². The molecule has 0 atom stereocenters. The van der Waals surface area contributed by atoms with Crippen LogP contribution in [0.2, 0.25) is 0 Å². The van der Waals surface area contributed by atoms with Gasteiger partial charge in [0.05, 0.1) is 11.4 Å². The Morgan fingerprint density at radius 2 is 1.95 bits per heavy atom. The maximum Gasteiger partial charge on any atom is 0.227 e.